The lowest BCUT2D eigenvalue weighted by Gasteiger charge is -2.31. The topological polar surface area (TPSA) is 12.0 Å². The maximum absolute atomic E-state index is 3.76. The van der Waals surface area contributed by atoms with E-state index in [1.54, 1.807) is 5.56 Å². The molecule has 2 aliphatic rings. The summed E-state index contributed by atoms with van der Waals surface area (Å²) in [5.74, 6) is 2.69. The van der Waals surface area contributed by atoms with Crippen LogP contribution >= 0.6 is 0 Å². The van der Waals surface area contributed by atoms with Crippen LogP contribution in [0.1, 0.15) is 69.8 Å². The summed E-state index contributed by atoms with van der Waals surface area (Å²) in [6.45, 7) is 3.54. The Kier molecular flexibility index (Phi) is 5.35. The van der Waals surface area contributed by atoms with E-state index in [0.717, 1.165) is 23.8 Å². The largest absolute Gasteiger partial charge is 0.313 e. The van der Waals surface area contributed by atoms with Crippen LogP contribution in [0.2, 0.25) is 0 Å². The Morgan fingerprint density at radius 2 is 1.62 bits per heavy atom. The van der Waals surface area contributed by atoms with E-state index in [1.165, 1.54) is 57.9 Å². The number of rotatable bonds is 7. The molecular weight excluding hydrogens is 254 g/mol. The fourth-order valence-corrected chi connectivity index (χ4v) is 3.94. The van der Waals surface area contributed by atoms with Crippen LogP contribution in [0, 0.1) is 11.8 Å². The smallest absolute Gasteiger partial charge is 0.00684 e. The van der Waals surface area contributed by atoms with Crippen molar-refractivity contribution in [3.63, 3.8) is 0 Å². The van der Waals surface area contributed by atoms with Gasteiger partial charge in [-0.3, -0.25) is 0 Å². The van der Waals surface area contributed by atoms with Crippen LogP contribution in [0.3, 0.4) is 0 Å². The van der Waals surface area contributed by atoms with Crippen LogP contribution in [0.5, 0.6) is 0 Å². The van der Waals surface area contributed by atoms with Gasteiger partial charge in [-0.1, -0.05) is 69.4 Å². The van der Waals surface area contributed by atoms with Crippen LogP contribution in [0.4, 0.5) is 0 Å². The zero-order chi connectivity index (χ0) is 14.5. The van der Waals surface area contributed by atoms with E-state index in [1.807, 2.05) is 0 Å². The standard InChI is InChI=1S/C20H31N/c1-2-16-8-10-17(11-9-16)14-19(15-21-20-12-13-20)18-6-4-3-5-7-18/h3-7,16-17,19-21H,2,8-15H2,1H3. The maximum Gasteiger partial charge on any atom is 0.00684 e. The molecule has 0 amide bonds. The molecular formula is C20H31N. The van der Waals surface area contributed by atoms with E-state index >= 15 is 0 Å². The summed E-state index contributed by atoms with van der Waals surface area (Å²) in [6.07, 6.45) is 11.4. The average Bonchev–Trinajstić information content (AvgIpc) is 3.37. The molecule has 2 saturated carbocycles. The van der Waals surface area contributed by atoms with Crippen molar-refractivity contribution < 1.29 is 0 Å². The highest BCUT2D eigenvalue weighted by atomic mass is 14.9. The van der Waals surface area contributed by atoms with Gasteiger partial charge in [-0.2, -0.15) is 0 Å². The number of nitrogens with one attached hydrogen (secondary N) is 1. The average molecular weight is 285 g/mol. The molecule has 0 aliphatic heterocycles. The quantitative estimate of drug-likeness (QED) is 0.732. The van der Waals surface area contributed by atoms with E-state index in [0.29, 0.717) is 0 Å². The summed E-state index contributed by atoms with van der Waals surface area (Å²) < 4.78 is 0. The molecule has 0 spiro atoms. The summed E-state index contributed by atoms with van der Waals surface area (Å²) in [6, 6.07) is 12.0. The lowest BCUT2D eigenvalue weighted by Crippen LogP contribution is -2.26. The number of benzene rings is 1. The van der Waals surface area contributed by atoms with Crippen molar-refractivity contribution in [1.82, 2.24) is 5.32 Å². The molecule has 0 bridgehead atoms. The Hall–Kier alpha value is -0.820. The fraction of sp³-hybridized carbons (Fsp3) is 0.700. The summed E-state index contributed by atoms with van der Waals surface area (Å²) in [5, 5.41) is 3.76. The molecule has 0 saturated heterocycles. The molecule has 1 heteroatoms. The SMILES string of the molecule is CCC1CCC(CC(CNC2CC2)c2ccccc2)CC1. The van der Waals surface area contributed by atoms with Gasteiger partial charge in [0.1, 0.15) is 0 Å². The second kappa shape index (κ2) is 7.45. The first-order valence-electron chi connectivity index (χ1n) is 9.13. The normalized spacial score (nSPS) is 27.5. The Morgan fingerprint density at radius 1 is 0.952 bits per heavy atom. The molecule has 3 rings (SSSR count). The summed E-state index contributed by atoms with van der Waals surface area (Å²) >= 11 is 0. The first-order valence-corrected chi connectivity index (χ1v) is 9.13. The maximum atomic E-state index is 3.76. The zero-order valence-corrected chi connectivity index (χ0v) is 13.6. The third kappa shape index (κ3) is 4.57. The van der Waals surface area contributed by atoms with Gasteiger partial charge < -0.3 is 5.32 Å². The molecule has 2 fully saturated rings. The Labute approximate surface area is 130 Å². The van der Waals surface area contributed by atoms with Gasteiger partial charge in [-0.05, 0) is 42.6 Å². The predicted molar refractivity (Wildman–Crippen MR) is 90.6 cm³/mol. The lowest BCUT2D eigenvalue weighted by atomic mass is 9.76. The van der Waals surface area contributed by atoms with Crippen LogP contribution in [0.25, 0.3) is 0 Å². The van der Waals surface area contributed by atoms with Crippen molar-refractivity contribution >= 4 is 0 Å². The van der Waals surface area contributed by atoms with Gasteiger partial charge in [0.15, 0.2) is 0 Å². The minimum Gasteiger partial charge on any atom is -0.313 e. The van der Waals surface area contributed by atoms with Crippen molar-refractivity contribution in [2.45, 2.75) is 70.3 Å². The van der Waals surface area contributed by atoms with Crippen molar-refractivity contribution in [2.75, 3.05) is 6.54 Å². The molecule has 1 unspecified atom stereocenters. The highest BCUT2D eigenvalue weighted by Gasteiger charge is 2.26. The first-order chi connectivity index (χ1) is 10.3. The second-order valence-electron chi connectivity index (χ2n) is 7.32. The van der Waals surface area contributed by atoms with E-state index in [9.17, 15) is 0 Å². The predicted octanol–water partition coefficient (Wildman–Crippen LogP) is 5.13. The van der Waals surface area contributed by atoms with Crippen molar-refractivity contribution in [3.8, 4) is 0 Å². The van der Waals surface area contributed by atoms with Crippen LogP contribution in [-0.4, -0.2) is 12.6 Å². The zero-order valence-electron chi connectivity index (χ0n) is 13.6. The van der Waals surface area contributed by atoms with Crippen LogP contribution in [-0.2, 0) is 0 Å². The highest BCUT2D eigenvalue weighted by molar-refractivity contribution is 5.20. The lowest BCUT2D eigenvalue weighted by molar-refractivity contribution is 0.246. The van der Waals surface area contributed by atoms with Crippen molar-refractivity contribution in [1.29, 1.82) is 0 Å². The first kappa shape index (κ1) is 15.1. The highest BCUT2D eigenvalue weighted by Crippen LogP contribution is 2.36. The minimum atomic E-state index is 0.718. The van der Waals surface area contributed by atoms with Crippen LogP contribution in [0.15, 0.2) is 30.3 Å². The monoisotopic (exact) mass is 285 g/mol. The summed E-state index contributed by atoms with van der Waals surface area (Å²) in [5.41, 5.74) is 1.54. The Morgan fingerprint density at radius 3 is 2.24 bits per heavy atom. The van der Waals surface area contributed by atoms with Crippen molar-refractivity contribution in [2.24, 2.45) is 11.8 Å². The number of hydrogen-bond acceptors (Lipinski definition) is 1. The van der Waals surface area contributed by atoms with E-state index in [2.05, 4.69) is 42.6 Å². The molecule has 1 atom stereocenters. The van der Waals surface area contributed by atoms with E-state index in [4.69, 9.17) is 0 Å². The third-order valence-electron chi connectivity index (χ3n) is 5.66. The van der Waals surface area contributed by atoms with Gasteiger partial charge in [0.25, 0.3) is 0 Å². The van der Waals surface area contributed by atoms with Gasteiger partial charge in [-0.25, -0.2) is 0 Å². The molecule has 1 aromatic carbocycles. The Balaban J connectivity index is 1.56. The number of hydrogen-bond donors (Lipinski definition) is 1. The molecule has 1 aromatic rings. The molecule has 116 valence electrons. The van der Waals surface area contributed by atoms with Crippen molar-refractivity contribution in [3.05, 3.63) is 35.9 Å². The molecule has 0 aromatic heterocycles. The van der Waals surface area contributed by atoms with Gasteiger partial charge >= 0.3 is 0 Å². The van der Waals surface area contributed by atoms with Gasteiger partial charge in [0.2, 0.25) is 0 Å². The van der Waals surface area contributed by atoms with Gasteiger partial charge in [0, 0.05) is 12.6 Å². The minimum absolute atomic E-state index is 0.718. The van der Waals surface area contributed by atoms with Gasteiger partial charge in [-0.15, -0.1) is 0 Å². The fourth-order valence-electron chi connectivity index (χ4n) is 3.94. The van der Waals surface area contributed by atoms with E-state index < -0.39 is 0 Å². The third-order valence-corrected chi connectivity index (χ3v) is 5.66. The van der Waals surface area contributed by atoms with Gasteiger partial charge in [0.05, 0.1) is 0 Å². The molecule has 2 aliphatic carbocycles. The molecule has 0 radical (unpaired) electrons. The molecule has 21 heavy (non-hydrogen) atoms. The Bertz CT molecular complexity index is 401. The molecule has 1 nitrogen and oxygen atoms in total. The molecule has 1 N–H and O–H groups in total. The van der Waals surface area contributed by atoms with Crippen LogP contribution < -0.4 is 5.32 Å². The summed E-state index contributed by atoms with van der Waals surface area (Å²) in [4.78, 5) is 0. The summed E-state index contributed by atoms with van der Waals surface area (Å²) in [7, 11) is 0. The van der Waals surface area contributed by atoms with E-state index in [-0.39, 0.29) is 0 Å². The second-order valence-corrected chi connectivity index (χ2v) is 7.32. The molecule has 0 heterocycles.